The Kier molecular flexibility index (Phi) is 3.48. The monoisotopic (exact) mass is 329 g/mol. The normalized spacial score (nSPS) is 25.0. The second-order valence-electron chi connectivity index (χ2n) is 7.19. The van der Waals surface area contributed by atoms with Crippen LogP contribution in [0.3, 0.4) is 0 Å². The third-order valence-corrected chi connectivity index (χ3v) is 6.47. The Bertz CT molecular complexity index is 678. The van der Waals surface area contributed by atoms with Crippen molar-refractivity contribution in [1.82, 2.24) is 25.1 Å². The molecule has 23 heavy (non-hydrogen) atoms. The van der Waals surface area contributed by atoms with E-state index in [1.807, 2.05) is 11.3 Å². The first kappa shape index (κ1) is 14.1. The minimum atomic E-state index is 0.439. The van der Waals surface area contributed by atoms with Gasteiger partial charge in [-0.3, -0.25) is 4.90 Å². The molecular weight excluding hydrogens is 306 g/mol. The van der Waals surface area contributed by atoms with Crippen LogP contribution in [-0.2, 0) is 19.4 Å². The summed E-state index contributed by atoms with van der Waals surface area (Å²) in [7, 11) is 0. The molecule has 2 aliphatic carbocycles. The van der Waals surface area contributed by atoms with Crippen molar-refractivity contribution in [3.63, 3.8) is 0 Å². The van der Waals surface area contributed by atoms with Gasteiger partial charge in [-0.2, -0.15) is 0 Å². The van der Waals surface area contributed by atoms with Crippen LogP contribution in [0.4, 0.5) is 0 Å². The first-order valence-corrected chi connectivity index (χ1v) is 9.82. The number of H-pyrrole nitrogens is 1. The van der Waals surface area contributed by atoms with Crippen molar-refractivity contribution in [2.24, 2.45) is 0 Å². The van der Waals surface area contributed by atoms with E-state index in [1.165, 1.54) is 72.2 Å². The molecule has 0 radical (unpaired) electrons. The Balaban J connectivity index is 1.34. The molecule has 2 aromatic heterocycles. The van der Waals surface area contributed by atoms with Crippen LogP contribution < -0.4 is 0 Å². The molecule has 1 aliphatic heterocycles. The molecule has 3 heterocycles. The molecule has 0 aromatic carbocycles. The molecule has 1 atom stereocenters. The number of likely N-dealkylation sites (tertiary alicyclic amines) is 1. The molecule has 2 aromatic rings. The molecule has 5 nitrogen and oxygen atoms in total. The first-order chi connectivity index (χ1) is 11.4. The van der Waals surface area contributed by atoms with Crippen molar-refractivity contribution >= 4 is 11.3 Å². The van der Waals surface area contributed by atoms with E-state index < -0.39 is 0 Å². The molecule has 0 spiro atoms. The number of imidazole rings is 1. The van der Waals surface area contributed by atoms with E-state index in [0.29, 0.717) is 12.0 Å². The minimum Gasteiger partial charge on any atom is -0.344 e. The third-order valence-electron chi connectivity index (χ3n) is 5.40. The summed E-state index contributed by atoms with van der Waals surface area (Å²) in [5.41, 5.74) is 2.72. The van der Waals surface area contributed by atoms with Gasteiger partial charge < -0.3 is 4.98 Å². The van der Waals surface area contributed by atoms with Gasteiger partial charge in [-0.15, -0.1) is 10.2 Å². The molecule has 6 heteroatoms. The predicted molar refractivity (Wildman–Crippen MR) is 89.5 cm³/mol. The summed E-state index contributed by atoms with van der Waals surface area (Å²) in [5, 5.41) is 11.2. The van der Waals surface area contributed by atoms with E-state index in [-0.39, 0.29) is 0 Å². The van der Waals surface area contributed by atoms with Crippen LogP contribution in [0.1, 0.15) is 77.7 Å². The molecule has 1 saturated heterocycles. The summed E-state index contributed by atoms with van der Waals surface area (Å²) in [6.07, 6.45) is 10.00. The zero-order valence-electron chi connectivity index (χ0n) is 13.4. The fourth-order valence-electron chi connectivity index (χ4n) is 3.96. The maximum atomic E-state index is 4.94. The molecule has 1 unspecified atom stereocenters. The summed E-state index contributed by atoms with van der Waals surface area (Å²) in [4.78, 5) is 11.1. The SMILES string of the molecule is C1CCc2[nH]c(C3CCCN3Cc3nnc(C4CC4)s3)nc2C1. The van der Waals surface area contributed by atoms with E-state index >= 15 is 0 Å². The van der Waals surface area contributed by atoms with Gasteiger partial charge in [0.1, 0.15) is 15.8 Å². The molecule has 3 aliphatic rings. The van der Waals surface area contributed by atoms with Crippen molar-refractivity contribution in [3.05, 3.63) is 27.2 Å². The fourth-order valence-corrected chi connectivity index (χ4v) is 5.00. The Hall–Kier alpha value is -1.27. The number of fused-ring (bicyclic) bond motifs is 1. The van der Waals surface area contributed by atoms with Crippen LogP contribution in [0, 0.1) is 0 Å². The molecule has 1 saturated carbocycles. The topological polar surface area (TPSA) is 57.7 Å². The smallest absolute Gasteiger partial charge is 0.131 e. The van der Waals surface area contributed by atoms with Gasteiger partial charge in [0.15, 0.2) is 0 Å². The molecule has 5 rings (SSSR count). The summed E-state index contributed by atoms with van der Waals surface area (Å²) in [6, 6.07) is 0.439. The zero-order valence-corrected chi connectivity index (χ0v) is 14.2. The van der Waals surface area contributed by atoms with Gasteiger partial charge in [-0.1, -0.05) is 11.3 Å². The van der Waals surface area contributed by atoms with Crippen molar-refractivity contribution in [2.45, 2.75) is 69.9 Å². The van der Waals surface area contributed by atoms with Gasteiger partial charge in [-0.05, 0) is 57.9 Å². The summed E-state index contributed by atoms with van der Waals surface area (Å²) >= 11 is 1.82. The number of aromatic nitrogens is 4. The second kappa shape index (κ2) is 5.67. The number of hydrogen-bond acceptors (Lipinski definition) is 5. The van der Waals surface area contributed by atoms with E-state index in [0.717, 1.165) is 19.5 Å². The van der Waals surface area contributed by atoms with Crippen LogP contribution in [0.25, 0.3) is 0 Å². The summed E-state index contributed by atoms with van der Waals surface area (Å²) in [5.74, 6) is 1.91. The maximum absolute atomic E-state index is 4.94. The van der Waals surface area contributed by atoms with Gasteiger partial charge in [0.05, 0.1) is 18.3 Å². The number of rotatable bonds is 4. The number of aryl methyl sites for hydroxylation is 2. The van der Waals surface area contributed by atoms with Crippen molar-refractivity contribution in [2.75, 3.05) is 6.54 Å². The lowest BCUT2D eigenvalue weighted by Crippen LogP contribution is -2.23. The van der Waals surface area contributed by atoms with Crippen LogP contribution in [0.15, 0.2) is 0 Å². The minimum absolute atomic E-state index is 0.439. The number of nitrogens with one attached hydrogen (secondary N) is 1. The summed E-state index contributed by atoms with van der Waals surface area (Å²) in [6.45, 7) is 2.08. The second-order valence-corrected chi connectivity index (χ2v) is 8.28. The number of aromatic amines is 1. The highest BCUT2D eigenvalue weighted by atomic mass is 32.1. The molecule has 2 fully saturated rings. The lowest BCUT2D eigenvalue weighted by atomic mass is 10.0. The highest BCUT2D eigenvalue weighted by Gasteiger charge is 2.32. The van der Waals surface area contributed by atoms with Crippen molar-refractivity contribution in [1.29, 1.82) is 0 Å². The predicted octanol–water partition coefficient (Wildman–Crippen LogP) is 3.35. The van der Waals surface area contributed by atoms with Crippen LogP contribution in [0.5, 0.6) is 0 Å². The van der Waals surface area contributed by atoms with E-state index in [2.05, 4.69) is 20.1 Å². The van der Waals surface area contributed by atoms with Gasteiger partial charge in [0, 0.05) is 11.6 Å². The highest BCUT2D eigenvalue weighted by molar-refractivity contribution is 7.11. The Morgan fingerprint density at radius 1 is 1.09 bits per heavy atom. The zero-order chi connectivity index (χ0) is 15.2. The maximum Gasteiger partial charge on any atom is 0.131 e. The Morgan fingerprint density at radius 2 is 2.00 bits per heavy atom. The van der Waals surface area contributed by atoms with Crippen LogP contribution in [-0.4, -0.2) is 31.6 Å². The molecule has 0 amide bonds. The Morgan fingerprint density at radius 3 is 2.87 bits per heavy atom. The quantitative estimate of drug-likeness (QED) is 0.934. The lowest BCUT2D eigenvalue weighted by molar-refractivity contribution is 0.240. The number of hydrogen-bond donors (Lipinski definition) is 1. The molecular formula is C17H23N5S. The van der Waals surface area contributed by atoms with Crippen molar-refractivity contribution < 1.29 is 0 Å². The largest absolute Gasteiger partial charge is 0.344 e. The lowest BCUT2D eigenvalue weighted by Gasteiger charge is -2.21. The fraction of sp³-hybridized carbons (Fsp3) is 0.706. The highest BCUT2D eigenvalue weighted by Crippen LogP contribution is 2.42. The number of nitrogens with zero attached hydrogens (tertiary/aromatic N) is 4. The molecule has 0 bridgehead atoms. The molecule has 1 N–H and O–H groups in total. The van der Waals surface area contributed by atoms with Gasteiger partial charge >= 0.3 is 0 Å². The van der Waals surface area contributed by atoms with Crippen LogP contribution in [0.2, 0.25) is 0 Å². The Labute approximate surface area is 140 Å². The van der Waals surface area contributed by atoms with E-state index in [1.54, 1.807) is 0 Å². The first-order valence-electron chi connectivity index (χ1n) is 9.01. The van der Waals surface area contributed by atoms with Crippen LogP contribution >= 0.6 is 11.3 Å². The van der Waals surface area contributed by atoms with E-state index in [9.17, 15) is 0 Å². The summed E-state index contributed by atoms with van der Waals surface area (Å²) < 4.78 is 0. The van der Waals surface area contributed by atoms with Gasteiger partial charge in [-0.25, -0.2) is 4.98 Å². The van der Waals surface area contributed by atoms with Gasteiger partial charge in [0.2, 0.25) is 0 Å². The van der Waals surface area contributed by atoms with Gasteiger partial charge in [0.25, 0.3) is 0 Å². The van der Waals surface area contributed by atoms with E-state index in [4.69, 9.17) is 4.98 Å². The third kappa shape index (κ3) is 2.72. The molecule has 122 valence electrons. The van der Waals surface area contributed by atoms with Crippen molar-refractivity contribution in [3.8, 4) is 0 Å². The average Bonchev–Trinajstić information content (AvgIpc) is 3.00. The average molecular weight is 329 g/mol. The standard InChI is InChI=1S/C17H23N5S/c1-2-5-13-12(4-1)18-16(19-13)14-6-3-9-22(14)10-15-20-21-17(23-15)11-7-8-11/h11,14H,1-10H2,(H,18,19).